The highest BCUT2D eigenvalue weighted by Gasteiger charge is 2.45. The Morgan fingerprint density at radius 3 is 2.44 bits per heavy atom. The summed E-state index contributed by atoms with van der Waals surface area (Å²) in [6, 6.07) is 5.55. The van der Waals surface area contributed by atoms with Crippen LogP contribution in [0.5, 0.6) is 0 Å². The second kappa shape index (κ2) is 8.92. The number of rotatable bonds is 4. The second-order valence-corrected chi connectivity index (χ2v) is 10.7. The number of fused-ring (bicyclic) bond motifs is 3. The van der Waals surface area contributed by atoms with Crippen molar-refractivity contribution in [3.05, 3.63) is 34.7 Å². The number of aromatic nitrogens is 3. The highest BCUT2D eigenvalue weighted by molar-refractivity contribution is 6.05. The number of alkyl halides is 2. The number of aliphatic hydroxyl groups is 1. The van der Waals surface area contributed by atoms with Gasteiger partial charge in [-0.2, -0.15) is 4.98 Å². The van der Waals surface area contributed by atoms with Crippen LogP contribution in [0.3, 0.4) is 0 Å². The molecule has 192 valence electrons. The zero-order valence-corrected chi connectivity index (χ0v) is 20.5. The molecule has 3 aliphatic rings. The van der Waals surface area contributed by atoms with Gasteiger partial charge in [-0.25, -0.2) is 13.8 Å². The maximum absolute atomic E-state index is 14.0. The molecule has 1 saturated heterocycles. The van der Waals surface area contributed by atoms with Crippen LogP contribution in [0.25, 0.3) is 21.8 Å². The van der Waals surface area contributed by atoms with Crippen molar-refractivity contribution in [2.24, 2.45) is 0 Å². The predicted octanol–water partition coefficient (Wildman–Crippen LogP) is 3.38. The van der Waals surface area contributed by atoms with E-state index in [4.69, 9.17) is 0 Å². The lowest BCUT2D eigenvalue weighted by Gasteiger charge is -2.35. The Bertz CT molecular complexity index is 1340. The average Bonchev–Trinajstić information content (AvgIpc) is 2.84. The Morgan fingerprint density at radius 1 is 1.03 bits per heavy atom. The highest BCUT2D eigenvalue weighted by atomic mass is 19.3. The Labute approximate surface area is 207 Å². The van der Waals surface area contributed by atoms with Gasteiger partial charge in [0, 0.05) is 68.4 Å². The van der Waals surface area contributed by atoms with E-state index in [-0.39, 0.29) is 42.5 Å². The molecule has 0 unspecified atom stereocenters. The van der Waals surface area contributed by atoms with Crippen molar-refractivity contribution in [2.75, 3.05) is 43.4 Å². The number of aliphatic hydroxyl groups excluding tert-OH is 1. The highest BCUT2D eigenvalue weighted by Crippen LogP contribution is 2.39. The normalized spacial score (nSPS) is 25.3. The summed E-state index contributed by atoms with van der Waals surface area (Å²) in [6.45, 7) is 3.76. The van der Waals surface area contributed by atoms with E-state index in [2.05, 4.69) is 38.2 Å². The molecule has 3 heterocycles. The van der Waals surface area contributed by atoms with Crippen LogP contribution in [-0.4, -0.2) is 75.8 Å². The van der Waals surface area contributed by atoms with Gasteiger partial charge in [0.2, 0.25) is 5.95 Å². The molecule has 1 aliphatic heterocycles. The molecule has 6 rings (SSSR count). The minimum Gasteiger partial charge on any atom is -0.393 e. The molecular weight excluding hydrogens is 466 g/mol. The van der Waals surface area contributed by atoms with Crippen molar-refractivity contribution in [1.29, 1.82) is 0 Å². The lowest BCUT2D eigenvalue weighted by Crippen LogP contribution is -2.44. The topological polar surface area (TPSA) is 86.5 Å². The van der Waals surface area contributed by atoms with Crippen LogP contribution in [0.1, 0.15) is 44.6 Å². The molecule has 3 aromatic rings. The summed E-state index contributed by atoms with van der Waals surface area (Å²) in [5.41, 5.74) is 1.45. The second-order valence-electron chi connectivity index (χ2n) is 10.7. The van der Waals surface area contributed by atoms with Gasteiger partial charge in [0.1, 0.15) is 5.65 Å². The van der Waals surface area contributed by atoms with E-state index in [0.717, 1.165) is 42.6 Å². The fourth-order valence-corrected chi connectivity index (χ4v) is 5.85. The number of hydrogen-bond donors (Lipinski definition) is 2. The molecule has 2 aliphatic carbocycles. The van der Waals surface area contributed by atoms with Gasteiger partial charge >= 0.3 is 0 Å². The van der Waals surface area contributed by atoms with E-state index in [1.165, 1.54) is 0 Å². The van der Waals surface area contributed by atoms with Crippen LogP contribution < -0.4 is 15.8 Å². The molecule has 0 radical (unpaired) electrons. The number of pyridine rings is 1. The summed E-state index contributed by atoms with van der Waals surface area (Å²) in [6.07, 6.45) is 3.50. The molecule has 8 nitrogen and oxygen atoms in total. The van der Waals surface area contributed by atoms with Gasteiger partial charge in [-0.3, -0.25) is 9.36 Å². The van der Waals surface area contributed by atoms with Crippen molar-refractivity contribution in [1.82, 2.24) is 19.4 Å². The summed E-state index contributed by atoms with van der Waals surface area (Å²) in [5, 5.41) is 15.3. The minimum atomic E-state index is -2.64. The standard InChI is InChI=1S/C26H32F2N6O2/c1-32-8-10-33(11-9-32)18-4-7-20-21(12-18)24(36)34(17-2-5-19(35)6-3-17)23-22(20)15-29-25(31-23)30-16-13-26(27,28)14-16/h4,7,12,15-17,19,35H,2-3,5-6,8-11,13-14H2,1H3,(H,29,30,31)/t17-,19-. The van der Waals surface area contributed by atoms with Crippen LogP contribution in [0.4, 0.5) is 20.4 Å². The molecule has 0 bridgehead atoms. The van der Waals surface area contributed by atoms with E-state index in [1.807, 2.05) is 12.1 Å². The van der Waals surface area contributed by atoms with Gasteiger partial charge in [-0.05, 0) is 50.2 Å². The Hall–Kier alpha value is -2.85. The average molecular weight is 499 g/mol. The molecular formula is C26H32F2N6O2. The molecule has 3 fully saturated rings. The largest absolute Gasteiger partial charge is 0.393 e. The van der Waals surface area contributed by atoms with E-state index in [1.54, 1.807) is 10.8 Å². The Balaban J connectivity index is 1.45. The van der Waals surface area contributed by atoms with Crippen LogP contribution in [0, 0.1) is 0 Å². The SMILES string of the molecule is CN1CCN(c2ccc3c(c2)c(=O)n([C@H]2CC[C@H](O)CC2)c2nc(NC4CC(F)(F)C4)ncc32)CC1. The number of benzene rings is 1. The number of likely N-dealkylation sites (N-methyl/N-ethyl adjacent to an activating group) is 1. The van der Waals surface area contributed by atoms with Crippen LogP contribution in [0.15, 0.2) is 29.2 Å². The first-order valence-corrected chi connectivity index (χ1v) is 12.9. The van der Waals surface area contributed by atoms with E-state index in [0.29, 0.717) is 36.7 Å². The third kappa shape index (κ3) is 4.30. The fraction of sp³-hybridized carbons (Fsp3) is 0.577. The summed E-state index contributed by atoms with van der Waals surface area (Å²) < 4.78 is 28.5. The molecule has 2 N–H and O–H groups in total. The van der Waals surface area contributed by atoms with Gasteiger partial charge in [0.05, 0.1) is 11.5 Å². The monoisotopic (exact) mass is 498 g/mol. The number of nitrogens with one attached hydrogen (secondary N) is 1. The van der Waals surface area contributed by atoms with Crippen LogP contribution in [-0.2, 0) is 0 Å². The number of piperazine rings is 1. The van der Waals surface area contributed by atoms with Crippen molar-refractivity contribution in [3.63, 3.8) is 0 Å². The van der Waals surface area contributed by atoms with E-state index < -0.39 is 5.92 Å². The smallest absolute Gasteiger partial charge is 0.260 e. The van der Waals surface area contributed by atoms with Crippen LogP contribution in [0.2, 0.25) is 0 Å². The lowest BCUT2D eigenvalue weighted by atomic mass is 9.88. The summed E-state index contributed by atoms with van der Waals surface area (Å²) in [4.78, 5) is 27.7. The maximum Gasteiger partial charge on any atom is 0.260 e. The molecule has 0 atom stereocenters. The third-order valence-corrected chi connectivity index (χ3v) is 8.06. The van der Waals surface area contributed by atoms with E-state index >= 15 is 0 Å². The fourth-order valence-electron chi connectivity index (χ4n) is 5.85. The molecule has 10 heteroatoms. The Kier molecular flexibility index (Phi) is 5.83. The predicted molar refractivity (Wildman–Crippen MR) is 136 cm³/mol. The van der Waals surface area contributed by atoms with Gasteiger partial charge in [-0.15, -0.1) is 0 Å². The zero-order valence-electron chi connectivity index (χ0n) is 20.5. The minimum absolute atomic E-state index is 0.0871. The molecule has 0 amide bonds. The van der Waals surface area contributed by atoms with Gasteiger partial charge < -0.3 is 20.2 Å². The quantitative estimate of drug-likeness (QED) is 0.534. The summed E-state index contributed by atoms with van der Waals surface area (Å²) in [5.74, 6) is -2.38. The first-order valence-electron chi connectivity index (χ1n) is 12.9. The summed E-state index contributed by atoms with van der Waals surface area (Å²) >= 11 is 0. The molecule has 2 aromatic heterocycles. The maximum atomic E-state index is 14.0. The molecule has 1 aromatic carbocycles. The van der Waals surface area contributed by atoms with Crippen molar-refractivity contribution < 1.29 is 13.9 Å². The van der Waals surface area contributed by atoms with Crippen molar-refractivity contribution in [3.8, 4) is 0 Å². The number of hydrogen-bond acceptors (Lipinski definition) is 7. The number of nitrogens with zero attached hydrogens (tertiary/aromatic N) is 5. The number of anilines is 2. The Morgan fingerprint density at radius 2 is 1.75 bits per heavy atom. The molecule has 36 heavy (non-hydrogen) atoms. The lowest BCUT2D eigenvalue weighted by molar-refractivity contribution is -0.0794. The van der Waals surface area contributed by atoms with Crippen LogP contribution >= 0.6 is 0 Å². The first kappa shape index (κ1) is 23.5. The molecule has 0 spiro atoms. The molecule has 2 saturated carbocycles. The van der Waals surface area contributed by atoms with Crippen molar-refractivity contribution >= 4 is 33.4 Å². The van der Waals surface area contributed by atoms with Gasteiger partial charge in [0.25, 0.3) is 11.5 Å². The first-order chi connectivity index (χ1) is 17.3. The zero-order chi connectivity index (χ0) is 25.0. The third-order valence-electron chi connectivity index (χ3n) is 8.06. The van der Waals surface area contributed by atoms with Gasteiger partial charge in [0.15, 0.2) is 0 Å². The van der Waals surface area contributed by atoms with E-state index in [9.17, 15) is 18.7 Å². The number of halogens is 2. The summed E-state index contributed by atoms with van der Waals surface area (Å²) in [7, 11) is 2.11. The van der Waals surface area contributed by atoms with Gasteiger partial charge in [-0.1, -0.05) is 6.07 Å². The van der Waals surface area contributed by atoms with Crippen molar-refractivity contribution in [2.45, 2.75) is 62.6 Å².